The van der Waals surface area contributed by atoms with E-state index < -0.39 is 6.10 Å². The van der Waals surface area contributed by atoms with Gasteiger partial charge in [0.1, 0.15) is 16.9 Å². The molecule has 0 bridgehead atoms. The number of hydrogen-bond acceptors (Lipinski definition) is 5. The highest BCUT2D eigenvalue weighted by molar-refractivity contribution is 6.33. The number of nitrogens with zero attached hydrogens (tertiary/aromatic N) is 2. The quantitative estimate of drug-likeness (QED) is 0.613. The van der Waals surface area contributed by atoms with Crippen molar-refractivity contribution in [2.24, 2.45) is 5.92 Å². The molecule has 0 spiro atoms. The zero-order valence-corrected chi connectivity index (χ0v) is 19.3. The minimum atomic E-state index is -0.525. The summed E-state index contributed by atoms with van der Waals surface area (Å²) < 4.78 is 5.89. The Kier molecular flexibility index (Phi) is 6.50. The van der Waals surface area contributed by atoms with Gasteiger partial charge in [-0.15, -0.1) is 0 Å². The smallest absolute Gasteiger partial charge is 0.261 e. The van der Waals surface area contributed by atoms with Crippen molar-refractivity contribution in [3.05, 3.63) is 40.5 Å². The maximum atomic E-state index is 12.6. The number of anilines is 1. The topological polar surface area (TPSA) is 80.2 Å². The van der Waals surface area contributed by atoms with E-state index in [2.05, 4.69) is 48.9 Å². The standard InChI is InChI=1S/C22H32ClN5O2/c1-7-16(30-15-10-8-9-13(2)11-15)21(29)24-12-14(3)19-25-20-17(23)18(22(4,5)6)26-28(20)27-19/h8-11,14,16,19,25,27H,7,12H2,1-6H3,(H,24,29). The van der Waals surface area contributed by atoms with E-state index in [4.69, 9.17) is 16.3 Å². The number of nitrogens with one attached hydrogen (secondary N) is 3. The Labute approximate surface area is 183 Å². The third-order valence-electron chi connectivity index (χ3n) is 5.19. The van der Waals surface area contributed by atoms with Gasteiger partial charge in [0, 0.05) is 17.9 Å². The van der Waals surface area contributed by atoms with Gasteiger partial charge in [-0.1, -0.05) is 58.4 Å². The molecular weight excluding hydrogens is 402 g/mol. The molecule has 0 aliphatic carbocycles. The Morgan fingerprint density at radius 2 is 2.13 bits per heavy atom. The zero-order chi connectivity index (χ0) is 22.1. The molecule has 2 aromatic rings. The Morgan fingerprint density at radius 1 is 1.40 bits per heavy atom. The van der Waals surface area contributed by atoms with Crippen molar-refractivity contribution in [1.29, 1.82) is 0 Å². The lowest BCUT2D eigenvalue weighted by molar-refractivity contribution is -0.128. The predicted molar refractivity (Wildman–Crippen MR) is 121 cm³/mol. The van der Waals surface area contributed by atoms with Crippen LogP contribution in [0.15, 0.2) is 24.3 Å². The average molecular weight is 434 g/mol. The van der Waals surface area contributed by atoms with E-state index >= 15 is 0 Å². The first kappa shape index (κ1) is 22.3. The van der Waals surface area contributed by atoms with Crippen LogP contribution in [0, 0.1) is 12.8 Å². The van der Waals surface area contributed by atoms with Gasteiger partial charge in [0.15, 0.2) is 11.9 Å². The van der Waals surface area contributed by atoms with Crippen LogP contribution in [0.2, 0.25) is 5.02 Å². The lowest BCUT2D eigenvalue weighted by atomic mass is 9.92. The Hall–Kier alpha value is -2.41. The first-order valence-corrected chi connectivity index (χ1v) is 10.8. The van der Waals surface area contributed by atoms with Gasteiger partial charge in [-0.3, -0.25) is 10.2 Å². The normalized spacial score (nSPS) is 17.5. The highest BCUT2D eigenvalue weighted by atomic mass is 35.5. The fourth-order valence-electron chi connectivity index (χ4n) is 3.35. The molecule has 0 saturated carbocycles. The summed E-state index contributed by atoms with van der Waals surface area (Å²) in [5.74, 6) is 1.45. The largest absolute Gasteiger partial charge is 0.481 e. The average Bonchev–Trinajstić information content (AvgIpc) is 3.23. The number of halogens is 1. The highest BCUT2D eigenvalue weighted by Crippen LogP contribution is 2.36. The van der Waals surface area contributed by atoms with Gasteiger partial charge >= 0.3 is 0 Å². The van der Waals surface area contributed by atoms with Gasteiger partial charge in [-0.05, 0) is 31.0 Å². The van der Waals surface area contributed by atoms with Gasteiger partial charge in [0.25, 0.3) is 5.91 Å². The third kappa shape index (κ3) is 4.83. The summed E-state index contributed by atoms with van der Waals surface area (Å²) in [6, 6.07) is 7.73. The number of aryl methyl sites for hydroxylation is 1. The maximum absolute atomic E-state index is 12.6. The second kappa shape index (κ2) is 8.76. The Bertz CT molecular complexity index is 905. The molecule has 1 aliphatic rings. The molecule has 1 aromatic carbocycles. The molecule has 1 aliphatic heterocycles. The van der Waals surface area contributed by atoms with Crippen molar-refractivity contribution in [3.63, 3.8) is 0 Å². The van der Waals surface area contributed by atoms with E-state index in [1.165, 1.54) is 0 Å². The fraction of sp³-hybridized carbons (Fsp3) is 0.545. The zero-order valence-electron chi connectivity index (χ0n) is 18.5. The lowest BCUT2D eigenvalue weighted by Gasteiger charge is -2.23. The molecule has 1 amide bonds. The summed E-state index contributed by atoms with van der Waals surface area (Å²) in [5.41, 5.74) is 5.11. The summed E-state index contributed by atoms with van der Waals surface area (Å²) in [6.07, 6.45) is -0.0194. The number of amides is 1. The van der Waals surface area contributed by atoms with Crippen LogP contribution >= 0.6 is 11.6 Å². The number of aromatic nitrogens is 2. The maximum Gasteiger partial charge on any atom is 0.261 e. The van der Waals surface area contributed by atoms with Crippen LogP contribution in [0.3, 0.4) is 0 Å². The van der Waals surface area contributed by atoms with Gasteiger partial charge in [0.05, 0.1) is 5.69 Å². The summed E-state index contributed by atoms with van der Waals surface area (Å²) in [4.78, 5) is 14.3. The second-order valence-corrected chi connectivity index (χ2v) is 9.36. The van der Waals surface area contributed by atoms with Gasteiger partial charge in [-0.2, -0.15) is 9.89 Å². The van der Waals surface area contributed by atoms with E-state index in [1.54, 1.807) is 4.79 Å². The Balaban J connectivity index is 1.54. The van der Waals surface area contributed by atoms with Crippen molar-refractivity contribution in [3.8, 4) is 5.75 Å². The van der Waals surface area contributed by atoms with E-state index in [1.807, 2.05) is 38.1 Å². The van der Waals surface area contributed by atoms with E-state index in [9.17, 15) is 4.79 Å². The van der Waals surface area contributed by atoms with Crippen LogP contribution in [-0.2, 0) is 10.2 Å². The number of ether oxygens (including phenoxy) is 1. The van der Waals surface area contributed by atoms with Crippen molar-refractivity contribution in [2.75, 3.05) is 17.3 Å². The number of benzene rings is 1. The molecule has 7 nitrogen and oxygen atoms in total. The molecule has 30 heavy (non-hydrogen) atoms. The number of carbonyl (C=O) groups excluding carboxylic acids is 1. The molecule has 3 unspecified atom stereocenters. The minimum absolute atomic E-state index is 0.0860. The fourth-order valence-corrected chi connectivity index (χ4v) is 3.80. The molecule has 3 rings (SSSR count). The predicted octanol–water partition coefficient (Wildman–Crippen LogP) is 4.05. The minimum Gasteiger partial charge on any atom is -0.481 e. The molecule has 2 heterocycles. The molecule has 3 N–H and O–H groups in total. The number of fused-ring (bicyclic) bond motifs is 1. The van der Waals surface area contributed by atoms with Crippen molar-refractivity contribution < 1.29 is 9.53 Å². The van der Waals surface area contributed by atoms with Gasteiger partial charge in [-0.25, -0.2) is 0 Å². The molecule has 164 valence electrons. The van der Waals surface area contributed by atoms with E-state index in [-0.39, 0.29) is 23.4 Å². The summed E-state index contributed by atoms with van der Waals surface area (Å²) in [7, 11) is 0. The third-order valence-corrected chi connectivity index (χ3v) is 5.55. The lowest BCUT2D eigenvalue weighted by Crippen LogP contribution is -2.44. The summed E-state index contributed by atoms with van der Waals surface area (Å²) in [5, 5.41) is 11.6. The van der Waals surface area contributed by atoms with Crippen LogP contribution in [-0.4, -0.2) is 34.6 Å². The number of carbonyl (C=O) groups is 1. The first-order chi connectivity index (χ1) is 14.1. The SMILES string of the molecule is CCC(Oc1cccc(C)c1)C(=O)NCC(C)C1Nc2c(Cl)c(C(C)(C)C)nn2N1. The molecule has 1 aromatic heterocycles. The van der Waals surface area contributed by atoms with Crippen LogP contribution in [0.1, 0.15) is 52.3 Å². The first-order valence-electron chi connectivity index (χ1n) is 10.4. The molecular formula is C22H32ClN5O2. The highest BCUT2D eigenvalue weighted by Gasteiger charge is 2.33. The monoisotopic (exact) mass is 433 g/mol. The van der Waals surface area contributed by atoms with Gasteiger partial charge in [0.2, 0.25) is 0 Å². The molecule has 0 fully saturated rings. The molecule has 8 heteroatoms. The van der Waals surface area contributed by atoms with Crippen molar-refractivity contribution >= 4 is 23.3 Å². The van der Waals surface area contributed by atoms with Crippen LogP contribution in [0.25, 0.3) is 0 Å². The van der Waals surface area contributed by atoms with Crippen LogP contribution in [0.4, 0.5) is 5.82 Å². The van der Waals surface area contributed by atoms with Crippen molar-refractivity contribution in [1.82, 2.24) is 15.2 Å². The number of rotatable bonds is 7. The summed E-state index contributed by atoms with van der Waals surface area (Å²) in [6.45, 7) is 12.7. The van der Waals surface area contributed by atoms with Crippen molar-refractivity contribution in [2.45, 2.75) is 65.6 Å². The molecule has 3 atom stereocenters. The Morgan fingerprint density at radius 3 is 2.73 bits per heavy atom. The van der Waals surface area contributed by atoms with E-state index in [0.717, 1.165) is 17.1 Å². The second-order valence-electron chi connectivity index (χ2n) is 8.98. The molecule has 0 saturated heterocycles. The van der Waals surface area contributed by atoms with E-state index in [0.29, 0.717) is 23.7 Å². The van der Waals surface area contributed by atoms with Crippen LogP contribution in [0.5, 0.6) is 5.75 Å². The number of hydrogen-bond donors (Lipinski definition) is 3. The molecule has 0 radical (unpaired) electrons. The van der Waals surface area contributed by atoms with Crippen LogP contribution < -0.4 is 20.8 Å². The van der Waals surface area contributed by atoms with Gasteiger partial charge < -0.3 is 15.4 Å². The summed E-state index contributed by atoms with van der Waals surface area (Å²) >= 11 is 6.53.